The third-order valence-corrected chi connectivity index (χ3v) is 2.48. The highest BCUT2D eigenvalue weighted by molar-refractivity contribution is 6.18. The first-order valence-electron chi connectivity index (χ1n) is 4.30. The number of methoxy groups -OCH3 is 2. The topological polar surface area (TPSA) is 73.6 Å². The van der Waals surface area contributed by atoms with Gasteiger partial charge in [-0.05, 0) is 6.42 Å². The van der Waals surface area contributed by atoms with Crippen molar-refractivity contribution >= 4 is 17.5 Å². The summed E-state index contributed by atoms with van der Waals surface area (Å²) in [6, 6.07) is 0. The molecule has 5 nitrogen and oxygen atoms in total. The van der Waals surface area contributed by atoms with Crippen molar-refractivity contribution in [3.05, 3.63) is 0 Å². The Labute approximate surface area is 88.8 Å². The number of ether oxygens (including phenoxy) is 2. The van der Waals surface area contributed by atoms with E-state index in [1.807, 2.05) is 0 Å². The van der Waals surface area contributed by atoms with Crippen molar-refractivity contribution in [1.29, 1.82) is 0 Å². The van der Waals surface area contributed by atoms with Crippen LogP contribution in [0.15, 0.2) is 0 Å². The lowest BCUT2D eigenvalue weighted by molar-refractivity contribution is -0.194. The van der Waals surface area contributed by atoms with Crippen molar-refractivity contribution in [2.75, 3.05) is 20.1 Å². The third kappa shape index (κ3) is 4.23. The van der Waals surface area contributed by atoms with Gasteiger partial charge in [0.05, 0.1) is 5.88 Å². The van der Waals surface area contributed by atoms with Crippen LogP contribution < -0.4 is 11.3 Å². The number of hydrogen-bond donors (Lipinski definition) is 2. The Bertz CT molecular complexity index is 166. The lowest BCUT2D eigenvalue weighted by Gasteiger charge is -2.28. The fourth-order valence-corrected chi connectivity index (χ4v) is 1.41. The molecule has 0 aliphatic carbocycles. The molecule has 0 bridgehead atoms. The Morgan fingerprint density at radius 1 is 1.50 bits per heavy atom. The standard InChI is InChI=1S/C8H17ClN2O3/c1-13-8(6-9,14-2)5-3-4-7(12)11-10/h3-6,10H2,1-2H3,(H,11,12). The number of halogens is 1. The van der Waals surface area contributed by atoms with Gasteiger partial charge in [-0.1, -0.05) is 0 Å². The van der Waals surface area contributed by atoms with Gasteiger partial charge in [-0.2, -0.15) is 0 Å². The molecule has 0 aliphatic rings. The molecule has 1 amide bonds. The van der Waals surface area contributed by atoms with Gasteiger partial charge in [-0.3, -0.25) is 10.2 Å². The van der Waals surface area contributed by atoms with Crippen molar-refractivity contribution in [1.82, 2.24) is 5.43 Å². The predicted molar refractivity (Wildman–Crippen MR) is 53.7 cm³/mol. The lowest BCUT2D eigenvalue weighted by Crippen LogP contribution is -2.36. The first-order chi connectivity index (χ1) is 6.64. The monoisotopic (exact) mass is 224 g/mol. The molecule has 6 heteroatoms. The third-order valence-electron chi connectivity index (χ3n) is 2.07. The maximum absolute atomic E-state index is 10.8. The van der Waals surface area contributed by atoms with Crippen LogP contribution in [-0.2, 0) is 14.3 Å². The Kier molecular flexibility index (Phi) is 6.82. The van der Waals surface area contributed by atoms with E-state index in [1.54, 1.807) is 0 Å². The van der Waals surface area contributed by atoms with Crippen molar-refractivity contribution in [2.24, 2.45) is 5.84 Å². The summed E-state index contributed by atoms with van der Waals surface area (Å²) in [5.74, 6) is 4.15. The maximum Gasteiger partial charge on any atom is 0.233 e. The largest absolute Gasteiger partial charge is 0.352 e. The highest BCUT2D eigenvalue weighted by Gasteiger charge is 2.27. The van der Waals surface area contributed by atoms with Crippen LogP contribution in [0.1, 0.15) is 19.3 Å². The van der Waals surface area contributed by atoms with E-state index in [2.05, 4.69) is 5.43 Å². The van der Waals surface area contributed by atoms with Crippen molar-refractivity contribution < 1.29 is 14.3 Å². The molecule has 0 saturated heterocycles. The smallest absolute Gasteiger partial charge is 0.233 e. The second-order valence-electron chi connectivity index (χ2n) is 2.87. The fourth-order valence-electron chi connectivity index (χ4n) is 1.05. The quantitative estimate of drug-likeness (QED) is 0.216. The second-order valence-corrected chi connectivity index (χ2v) is 3.14. The first kappa shape index (κ1) is 13.6. The molecule has 0 rings (SSSR count). The van der Waals surface area contributed by atoms with Crippen LogP contribution in [0.4, 0.5) is 0 Å². The van der Waals surface area contributed by atoms with Gasteiger partial charge in [0.25, 0.3) is 0 Å². The zero-order valence-corrected chi connectivity index (χ0v) is 9.26. The van der Waals surface area contributed by atoms with Crippen LogP contribution in [0.3, 0.4) is 0 Å². The molecule has 0 spiro atoms. The van der Waals surface area contributed by atoms with Crippen molar-refractivity contribution in [3.63, 3.8) is 0 Å². The number of hydrogen-bond acceptors (Lipinski definition) is 4. The van der Waals surface area contributed by atoms with Crippen LogP contribution in [0.5, 0.6) is 0 Å². The Morgan fingerprint density at radius 2 is 2.07 bits per heavy atom. The minimum absolute atomic E-state index is 0.208. The Morgan fingerprint density at radius 3 is 2.43 bits per heavy atom. The SMILES string of the molecule is COC(CCl)(CCCC(=O)NN)OC. The zero-order valence-electron chi connectivity index (χ0n) is 8.51. The summed E-state index contributed by atoms with van der Waals surface area (Å²) in [6.07, 6.45) is 1.50. The van der Waals surface area contributed by atoms with E-state index in [9.17, 15) is 4.79 Å². The molecule has 84 valence electrons. The average molecular weight is 225 g/mol. The maximum atomic E-state index is 10.8. The molecule has 0 aliphatic heterocycles. The average Bonchev–Trinajstić information content (AvgIpc) is 2.25. The molecule has 0 aromatic rings. The molecule has 3 N–H and O–H groups in total. The summed E-state index contributed by atoms with van der Waals surface area (Å²) in [6.45, 7) is 0. The van der Waals surface area contributed by atoms with Gasteiger partial charge < -0.3 is 9.47 Å². The zero-order chi connectivity index (χ0) is 11.0. The first-order valence-corrected chi connectivity index (χ1v) is 4.83. The molecule has 14 heavy (non-hydrogen) atoms. The van der Waals surface area contributed by atoms with Gasteiger partial charge in [-0.25, -0.2) is 5.84 Å². The van der Waals surface area contributed by atoms with Gasteiger partial charge in [0, 0.05) is 27.1 Å². The summed E-state index contributed by atoms with van der Waals surface area (Å²) in [4.78, 5) is 10.8. The summed E-state index contributed by atoms with van der Waals surface area (Å²) in [7, 11) is 3.05. The number of hydrazine groups is 1. The van der Waals surface area contributed by atoms with Crippen molar-refractivity contribution in [3.8, 4) is 0 Å². The number of amides is 1. The minimum atomic E-state index is -0.795. The van der Waals surface area contributed by atoms with E-state index < -0.39 is 5.79 Å². The van der Waals surface area contributed by atoms with Crippen LogP contribution in [0.2, 0.25) is 0 Å². The van der Waals surface area contributed by atoms with Gasteiger partial charge in [0.1, 0.15) is 0 Å². The molecule has 0 aromatic carbocycles. The number of carbonyl (C=O) groups is 1. The number of nitrogens with two attached hydrogens (primary N) is 1. The molecular formula is C8H17ClN2O3. The van der Waals surface area contributed by atoms with Gasteiger partial charge in [0.2, 0.25) is 5.91 Å². The molecule has 0 aromatic heterocycles. The molecule has 0 heterocycles. The summed E-state index contributed by atoms with van der Waals surface area (Å²) < 4.78 is 10.3. The molecule has 0 radical (unpaired) electrons. The molecule has 0 saturated carbocycles. The van der Waals surface area contributed by atoms with Crippen LogP contribution in [0, 0.1) is 0 Å². The normalized spacial score (nSPS) is 11.4. The Balaban J connectivity index is 3.88. The van der Waals surface area contributed by atoms with E-state index in [0.29, 0.717) is 19.3 Å². The van der Waals surface area contributed by atoms with Crippen LogP contribution in [0.25, 0.3) is 0 Å². The van der Waals surface area contributed by atoms with E-state index in [-0.39, 0.29) is 11.8 Å². The molecule has 0 unspecified atom stereocenters. The molecular weight excluding hydrogens is 208 g/mol. The van der Waals surface area contributed by atoms with Crippen molar-refractivity contribution in [2.45, 2.75) is 25.0 Å². The number of rotatable bonds is 7. The van der Waals surface area contributed by atoms with Crippen LogP contribution >= 0.6 is 11.6 Å². The lowest BCUT2D eigenvalue weighted by atomic mass is 10.1. The molecule has 0 fully saturated rings. The summed E-state index contributed by atoms with van der Waals surface area (Å²) >= 11 is 5.70. The predicted octanol–water partition coefficient (Wildman–Crippen LogP) is 0.374. The number of alkyl halides is 1. The van der Waals surface area contributed by atoms with E-state index >= 15 is 0 Å². The van der Waals surface area contributed by atoms with Gasteiger partial charge in [0.15, 0.2) is 5.79 Å². The van der Waals surface area contributed by atoms with Crippen LogP contribution in [-0.4, -0.2) is 31.8 Å². The van der Waals surface area contributed by atoms with Gasteiger partial charge >= 0.3 is 0 Å². The second kappa shape index (κ2) is 7.00. The number of nitrogens with one attached hydrogen (secondary N) is 1. The highest BCUT2D eigenvalue weighted by Crippen LogP contribution is 2.20. The highest BCUT2D eigenvalue weighted by atomic mass is 35.5. The van der Waals surface area contributed by atoms with Gasteiger partial charge in [-0.15, -0.1) is 11.6 Å². The summed E-state index contributed by atoms with van der Waals surface area (Å²) in [5.41, 5.74) is 2.05. The number of carbonyl (C=O) groups excluding carboxylic acids is 1. The fraction of sp³-hybridized carbons (Fsp3) is 0.875. The van der Waals surface area contributed by atoms with E-state index in [1.165, 1.54) is 14.2 Å². The molecule has 0 atom stereocenters. The minimum Gasteiger partial charge on any atom is -0.352 e. The van der Waals surface area contributed by atoms with E-state index in [0.717, 1.165) is 0 Å². The Hall–Kier alpha value is -0.360. The summed E-state index contributed by atoms with van der Waals surface area (Å²) in [5, 5.41) is 0. The van der Waals surface area contributed by atoms with E-state index in [4.69, 9.17) is 26.9 Å².